The third-order valence-corrected chi connectivity index (χ3v) is 3.48. The molecule has 2 heteroatoms. The molecular weight excluding hydrogens is 268 g/mol. The number of hydrogen-bond donors (Lipinski definition) is 0. The molecule has 0 atom stereocenters. The van der Waals surface area contributed by atoms with Crippen molar-refractivity contribution >= 4 is 11.4 Å². The normalized spacial score (nSPS) is 12.5. The van der Waals surface area contributed by atoms with Crippen molar-refractivity contribution in [2.45, 2.75) is 39.5 Å². The quantitative estimate of drug-likeness (QED) is 0.477. The third-order valence-electron chi connectivity index (χ3n) is 3.48. The second-order valence-electron chi connectivity index (χ2n) is 5.33. The van der Waals surface area contributed by atoms with E-state index in [1.807, 2.05) is 36.4 Å². The Balaban J connectivity index is 2.33. The summed E-state index contributed by atoms with van der Waals surface area (Å²) in [7, 11) is 0. The Kier molecular flexibility index (Phi) is 6.56. The molecule has 0 saturated carbocycles. The SMILES string of the molecule is CCC/C(=N/N=C(\CCC)c1ccccc1)c1ccccc1. The van der Waals surface area contributed by atoms with Crippen molar-refractivity contribution in [3.63, 3.8) is 0 Å². The predicted molar refractivity (Wildman–Crippen MR) is 95.8 cm³/mol. The highest BCUT2D eigenvalue weighted by atomic mass is 15.2. The first-order valence-electron chi connectivity index (χ1n) is 8.09. The van der Waals surface area contributed by atoms with E-state index in [-0.39, 0.29) is 0 Å². The van der Waals surface area contributed by atoms with Crippen molar-refractivity contribution in [2.24, 2.45) is 10.2 Å². The molecule has 0 fully saturated rings. The molecule has 0 aliphatic carbocycles. The highest BCUT2D eigenvalue weighted by molar-refractivity contribution is 6.03. The van der Waals surface area contributed by atoms with Gasteiger partial charge in [-0.15, -0.1) is 0 Å². The zero-order valence-electron chi connectivity index (χ0n) is 13.5. The molecule has 114 valence electrons. The lowest BCUT2D eigenvalue weighted by atomic mass is 10.1. The van der Waals surface area contributed by atoms with Crippen LogP contribution >= 0.6 is 0 Å². The molecular formula is C20H24N2. The van der Waals surface area contributed by atoms with Gasteiger partial charge in [0, 0.05) is 0 Å². The van der Waals surface area contributed by atoms with E-state index in [1.54, 1.807) is 0 Å². The first kappa shape index (κ1) is 16.2. The average Bonchev–Trinajstić information content (AvgIpc) is 2.59. The second kappa shape index (κ2) is 8.93. The number of rotatable bonds is 7. The van der Waals surface area contributed by atoms with Gasteiger partial charge in [-0.2, -0.15) is 10.2 Å². The minimum atomic E-state index is 0.946. The third kappa shape index (κ3) is 4.66. The minimum absolute atomic E-state index is 0.946. The van der Waals surface area contributed by atoms with E-state index < -0.39 is 0 Å². The standard InChI is InChI=1S/C20H24N2/c1-3-11-19(17-13-7-5-8-14-17)21-22-20(12-4-2)18-15-9-6-10-16-18/h5-10,13-16H,3-4,11-12H2,1-2H3/b21-19-,22-20+. The van der Waals surface area contributed by atoms with Crippen molar-refractivity contribution < 1.29 is 0 Å². The van der Waals surface area contributed by atoms with E-state index in [4.69, 9.17) is 0 Å². The van der Waals surface area contributed by atoms with Gasteiger partial charge in [0.15, 0.2) is 0 Å². The maximum absolute atomic E-state index is 4.58. The molecule has 0 bridgehead atoms. The van der Waals surface area contributed by atoms with Gasteiger partial charge in [-0.05, 0) is 24.0 Å². The molecule has 0 spiro atoms. The fraction of sp³-hybridized carbons (Fsp3) is 0.300. The van der Waals surface area contributed by atoms with Crippen LogP contribution in [0.2, 0.25) is 0 Å². The molecule has 0 N–H and O–H groups in total. The molecule has 2 nitrogen and oxygen atoms in total. The summed E-state index contributed by atoms with van der Waals surface area (Å²) >= 11 is 0. The minimum Gasteiger partial charge on any atom is -0.155 e. The molecule has 0 aliphatic rings. The molecule has 0 heterocycles. The Morgan fingerprint density at radius 3 is 1.32 bits per heavy atom. The largest absolute Gasteiger partial charge is 0.155 e. The van der Waals surface area contributed by atoms with Gasteiger partial charge < -0.3 is 0 Å². The van der Waals surface area contributed by atoms with Gasteiger partial charge in [0.25, 0.3) is 0 Å². The van der Waals surface area contributed by atoms with E-state index in [0.717, 1.165) is 48.2 Å². The van der Waals surface area contributed by atoms with Gasteiger partial charge in [-0.3, -0.25) is 0 Å². The lowest BCUT2D eigenvalue weighted by Gasteiger charge is -2.06. The highest BCUT2D eigenvalue weighted by Crippen LogP contribution is 2.10. The van der Waals surface area contributed by atoms with Crippen LogP contribution in [0.4, 0.5) is 0 Å². The van der Waals surface area contributed by atoms with Gasteiger partial charge in [0.1, 0.15) is 0 Å². The number of nitrogens with zero attached hydrogens (tertiary/aromatic N) is 2. The van der Waals surface area contributed by atoms with E-state index in [1.165, 1.54) is 0 Å². The first-order chi connectivity index (χ1) is 10.8. The van der Waals surface area contributed by atoms with E-state index in [2.05, 4.69) is 48.3 Å². The molecule has 22 heavy (non-hydrogen) atoms. The van der Waals surface area contributed by atoms with Crippen molar-refractivity contribution in [1.29, 1.82) is 0 Å². The van der Waals surface area contributed by atoms with Crippen LogP contribution in [-0.4, -0.2) is 11.4 Å². The highest BCUT2D eigenvalue weighted by Gasteiger charge is 2.04. The molecule has 0 amide bonds. The summed E-state index contributed by atoms with van der Waals surface area (Å²) in [5, 5.41) is 9.17. The smallest absolute Gasteiger partial charge is 0.0702 e. The summed E-state index contributed by atoms with van der Waals surface area (Å²) in [5.41, 5.74) is 4.45. The van der Waals surface area contributed by atoms with Crippen LogP contribution in [0, 0.1) is 0 Å². The van der Waals surface area contributed by atoms with E-state index in [0.29, 0.717) is 0 Å². The summed E-state index contributed by atoms with van der Waals surface area (Å²) in [6.07, 6.45) is 4.03. The van der Waals surface area contributed by atoms with E-state index in [9.17, 15) is 0 Å². The second-order valence-corrected chi connectivity index (χ2v) is 5.33. The van der Waals surface area contributed by atoms with Crippen molar-refractivity contribution in [1.82, 2.24) is 0 Å². The summed E-state index contributed by atoms with van der Waals surface area (Å²) < 4.78 is 0. The van der Waals surface area contributed by atoms with Crippen LogP contribution in [0.1, 0.15) is 50.7 Å². The van der Waals surface area contributed by atoms with Gasteiger partial charge in [-0.1, -0.05) is 87.4 Å². The van der Waals surface area contributed by atoms with Gasteiger partial charge in [0.2, 0.25) is 0 Å². The Morgan fingerprint density at radius 1 is 0.636 bits per heavy atom. The molecule has 2 aromatic carbocycles. The van der Waals surface area contributed by atoms with Crippen LogP contribution < -0.4 is 0 Å². The van der Waals surface area contributed by atoms with Gasteiger partial charge in [-0.25, -0.2) is 0 Å². The number of hydrogen-bond acceptors (Lipinski definition) is 2. The van der Waals surface area contributed by atoms with Crippen molar-refractivity contribution in [2.75, 3.05) is 0 Å². The zero-order valence-corrected chi connectivity index (χ0v) is 13.5. The van der Waals surface area contributed by atoms with E-state index >= 15 is 0 Å². The first-order valence-corrected chi connectivity index (χ1v) is 8.09. The summed E-state index contributed by atoms with van der Waals surface area (Å²) in [4.78, 5) is 0. The molecule has 2 rings (SSSR count). The predicted octanol–water partition coefficient (Wildman–Crippen LogP) is 5.48. The molecule has 2 aromatic rings. The van der Waals surface area contributed by atoms with Gasteiger partial charge >= 0.3 is 0 Å². The molecule has 0 unspecified atom stereocenters. The Morgan fingerprint density at radius 2 is 1.00 bits per heavy atom. The van der Waals surface area contributed by atoms with Crippen LogP contribution in [0.25, 0.3) is 0 Å². The Bertz CT molecular complexity index is 555. The summed E-state index contributed by atoms with van der Waals surface area (Å²) in [6.45, 7) is 4.35. The fourth-order valence-corrected chi connectivity index (χ4v) is 2.36. The van der Waals surface area contributed by atoms with Crippen molar-refractivity contribution in [3.8, 4) is 0 Å². The summed E-state index contributed by atoms with van der Waals surface area (Å²) in [6, 6.07) is 20.7. The molecule has 0 radical (unpaired) electrons. The number of benzene rings is 2. The summed E-state index contributed by atoms with van der Waals surface area (Å²) in [5.74, 6) is 0. The fourth-order valence-electron chi connectivity index (χ4n) is 2.36. The maximum Gasteiger partial charge on any atom is 0.0702 e. The van der Waals surface area contributed by atoms with Crippen LogP contribution in [0.15, 0.2) is 70.9 Å². The van der Waals surface area contributed by atoms with Crippen LogP contribution in [0.5, 0.6) is 0 Å². The Hall–Kier alpha value is -2.22. The molecule has 0 aromatic heterocycles. The van der Waals surface area contributed by atoms with Gasteiger partial charge in [0.05, 0.1) is 11.4 Å². The van der Waals surface area contributed by atoms with Crippen LogP contribution in [0.3, 0.4) is 0 Å². The zero-order chi connectivity index (χ0) is 15.6. The monoisotopic (exact) mass is 292 g/mol. The Labute approximate surface area is 133 Å². The lowest BCUT2D eigenvalue weighted by molar-refractivity contribution is 0.966. The molecule has 0 saturated heterocycles. The molecule has 0 aliphatic heterocycles. The maximum atomic E-state index is 4.58. The van der Waals surface area contributed by atoms with Crippen molar-refractivity contribution in [3.05, 3.63) is 71.8 Å². The average molecular weight is 292 g/mol. The lowest BCUT2D eigenvalue weighted by Crippen LogP contribution is -2.03. The topological polar surface area (TPSA) is 24.7 Å². The van der Waals surface area contributed by atoms with Crippen LogP contribution in [-0.2, 0) is 0 Å².